The second kappa shape index (κ2) is 9.11. The zero-order chi connectivity index (χ0) is 28.6. The minimum absolute atomic E-state index is 0.0139. The van der Waals surface area contributed by atoms with Gasteiger partial charge in [-0.15, -0.1) is 5.10 Å². The summed E-state index contributed by atoms with van der Waals surface area (Å²) in [5, 5.41) is 3.59. The maximum Gasteiger partial charge on any atom is 0.285 e. The first-order valence-corrected chi connectivity index (χ1v) is 15.7. The average Bonchev–Trinajstić information content (AvgIpc) is 3.29. The van der Waals surface area contributed by atoms with E-state index in [1.807, 2.05) is 9.80 Å². The molecule has 6 rings (SSSR count). The third kappa shape index (κ3) is 4.21. The first-order valence-electron chi connectivity index (χ1n) is 12.4. The Morgan fingerprint density at radius 2 is 1.75 bits per heavy atom. The first-order chi connectivity index (χ1) is 18.8. The Morgan fingerprint density at radius 3 is 2.40 bits per heavy atom. The van der Waals surface area contributed by atoms with Crippen LogP contribution >= 0.6 is 11.6 Å². The van der Waals surface area contributed by atoms with E-state index < -0.39 is 42.5 Å². The smallest absolute Gasteiger partial charge is 0.285 e. The number of aromatic nitrogens is 5. The van der Waals surface area contributed by atoms with Gasteiger partial charge in [-0.25, -0.2) is 27.2 Å². The van der Waals surface area contributed by atoms with Crippen LogP contribution < -0.4 is 9.80 Å². The Bertz CT molecular complexity index is 1850. The predicted octanol–water partition coefficient (Wildman–Crippen LogP) is 3.24. The second-order valence-corrected chi connectivity index (χ2v) is 14.8. The van der Waals surface area contributed by atoms with Crippen molar-refractivity contribution in [2.75, 3.05) is 29.4 Å². The second-order valence-electron chi connectivity index (χ2n) is 10.2. The van der Waals surface area contributed by atoms with Gasteiger partial charge in [-0.05, 0) is 44.9 Å². The number of anilines is 2. The van der Waals surface area contributed by atoms with Gasteiger partial charge in [-0.1, -0.05) is 11.6 Å². The molecule has 0 radical (unpaired) electrons. The molecule has 212 valence electrons. The van der Waals surface area contributed by atoms with Crippen molar-refractivity contribution in [3.05, 3.63) is 59.6 Å². The molecule has 0 amide bonds. The Morgan fingerprint density at radius 1 is 1.05 bits per heavy atom. The molecule has 0 N–H and O–H groups in total. The average molecular weight is 612 g/mol. The molecule has 1 aliphatic carbocycles. The van der Waals surface area contributed by atoms with E-state index in [1.54, 1.807) is 0 Å². The molecule has 0 bridgehead atoms. The van der Waals surface area contributed by atoms with Crippen LogP contribution in [0.5, 0.6) is 0 Å². The van der Waals surface area contributed by atoms with Crippen LogP contribution in [-0.2, 0) is 20.0 Å². The fraction of sp³-hybridized carbons (Fsp3) is 0.375. The van der Waals surface area contributed by atoms with Gasteiger partial charge in [-0.3, -0.25) is 3.97 Å². The van der Waals surface area contributed by atoms with Crippen molar-refractivity contribution in [3.63, 3.8) is 0 Å². The van der Waals surface area contributed by atoms with Gasteiger partial charge in [0.1, 0.15) is 10.7 Å². The summed E-state index contributed by atoms with van der Waals surface area (Å²) in [5.74, 6) is -0.782. The molecule has 1 aromatic carbocycles. The molecule has 1 saturated carbocycles. The third-order valence-electron chi connectivity index (χ3n) is 7.33. The van der Waals surface area contributed by atoms with E-state index in [-0.39, 0.29) is 26.6 Å². The summed E-state index contributed by atoms with van der Waals surface area (Å²) < 4.78 is 83.1. The first kappa shape index (κ1) is 26.9. The summed E-state index contributed by atoms with van der Waals surface area (Å²) in [7, 11) is -8.26. The SMILES string of the molecule is CC(C)S(=O)(=O)n1ccc(S(=O)(=O)n2nc(N3CCN(c4ncc(F)cn4)CC34CC4)c3c(F)cc(Cl)cc32)c1. The van der Waals surface area contributed by atoms with Crippen LogP contribution in [0.15, 0.2) is 47.9 Å². The standard InChI is InChI=1S/C24H24ClF2N7O4S2/c1-15(2)39(35,36)32-6-3-18(13-32)40(37,38)34-20-10-16(25)9-19(27)21(20)22(30-34)33-8-7-31(14-24(33)4-5-24)23-28-11-17(26)12-29-23/h3,6,9-13,15H,4-5,7-8,14H2,1-2H3. The molecule has 11 nitrogen and oxygen atoms in total. The van der Waals surface area contributed by atoms with E-state index in [0.29, 0.717) is 29.7 Å². The Hall–Kier alpha value is -3.30. The van der Waals surface area contributed by atoms with Crippen LogP contribution in [0.25, 0.3) is 10.9 Å². The fourth-order valence-corrected chi connectivity index (χ4v) is 7.54. The van der Waals surface area contributed by atoms with Crippen LogP contribution in [0.4, 0.5) is 20.5 Å². The fourth-order valence-electron chi connectivity index (χ4n) is 5.03. The number of fused-ring (bicyclic) bond motifs is 1. The predicted molar refractivity (Wildman–Crippen MR) is 145 cm³/mol. The number of benzene rings is 1. The van der Waals surface area contributed by atoms with Crippen LogP contribution in [-0.4, -0.2) is 70.4 Å². The summed E-state index contributed by atoms with van der Waals surface area (Å²) >= 11 is 6.13. The van der Waals surface area contributed by atoms with E-state index >= 15 is 4.39 Å². The van der Waals surface area contributed by atoms with Crippen LogP contribution in [0.2, 0.25) is 5.02 Å². The minimum Gasteiger partial charge on any atom is -0.345 e. The molecule has 0 unspecified atom stereocenters. The highest BCUT2D eigenvalue weighted by Gasteiger charge is 2.53. The molecular weight excluding hydrogens is 588 g/mol. The van der Waals surface area contributed by atoms with Crippen molar-refractivity contribution in [2.24, 2.45) is 0 Å². The normalized spacial score (nSPS) is 17.4. The monoisotopic (exact) mass is 611 g/mol. The molecular formula is C24H24ClF2N7O4S2. The molecule has 3 aromatic heterocycles. The van der Waals surface area contributed by atoms with E-state index in [4.69, 9.17) is 11.6 Å². The van der Waals surface area contributed by atoms with Crippen molar-refractivity contribution in [1.82, 2.24) is 23.1 Å². The maximum absolute atomic E-state index is 15.5. The molecule has 2 aliphatic rings. The van der Waals surface area contributed by atoms with Crippen LogP contribution in [0.1, 0.15) is 26.7 Å². The van der Waals surface area contributed by atoms with Gasteiger partial charge in [0.15, 0.2) is 11.6 Å². The number of hydrogen-bond acceptors (Lipinski definition) is 9. The Balaban J connectivity index is 1.43. The lowest BCUT2D eigenvalue weighted by molar-refractivity contribution is 0.496. The summed E-state index contributed by atoms with van der Waals surface area (Å²) in [6.07, 6.45) is 5.80. The third-order valence-corrected chi connectivity index (χ3v) is 11.1. The minimum atomic E-state index is -4.45. The number of halogens is 3. The molecule has 2 fully saturated rings. The van der Waals surface area contributed by atoms with Crippen molar-refractivity contribution in [1.29, 1.82) is 0 Å². The molecule has 1 spiro atoms. The quantitative estimate of drug-likeness (QED) is 0.323. The molecule has 4 aromatic rings. The summed E-state index contributed by atoms with van der Waals surface area (Å²) in [6, 6.07) is 3.57. The van der Waals surface area contributed by atoms with Crippen molar-refractivity contribution in [3.8, 4) is 0 Å². The van der Waals surface area contributed by atoms with Gasteiger partial charge in [-0.2, -0.15) is 12.5 Å². The molecule has 1 aliphatic heterocycles. The van der Waals surface area contributed by atoms with Gasteiger partial charge in [0.05, 0.1) is 34.1 Å². The van der Waals surface area contributed by atoms with E-state index in [1.165, 1.54) is 19.9 Å². The summed E-state index contributed by atoms with van der Waals surface area (Å²) in [4.78, 5) is 11.6. The zero-order valence-corrected chi connectivity index (χ0v) is 23.8. The largest absolute Gasteiger partial charge is 0.345 e. The van der Waals surface area contributed by atoms with Crippen molar-refractivity contribution < 1.29 is 25.6 Å². The molecule has 40 heavy (non-hydrogen) atoms. The Labute approximate surface area is 234 Å². The number of hydrogen-bond donors (Lipinski definition) is 0. The molecule has 1 saturated heterocycles. The van der Waals surface area contributed by atoms with Gasteiger partial charge in [0.25, 0.3) is 10.0 Å². The van der Waals surface area contributed by atoms with E-state index in [0.717, 1.165) is 53.7 Å². The molecule has 16 heteroatoms. The number of rotatable bonds is 6. The summed E-state index contributed by atoms with van der Waals surface area (Å²) in [6.45, 7) is 4.16. The zero-order valence-electron chi connectivity index (χ0n) is 21.4. The van der Waals surface area contributed by atoms with Gasteiger partial charge in [0.2, 0.25) is 16.0 Å². The highest BCUT2D eigenvalue weighted by molar-refractivity contribution is 7.91. The van der Waals surface area contributed by atoms with Crippen molar-refractivity contribution >= 4 is 54.3 Å². The van der Waals surface area contributed by atoms with E-state index in [9.17, 15) is 21.2 Å². The summed E-state index contributed by atoms with van der Waals surface area (Å²) in [5.41, 5.74) is -0.549. The van der Waals surface area contributed by atoms with Crippen LogP contribution in [0.3, 0.4) is 0 Å². The van der Waals surface area contributed by atoms with Gasteiger partial charge in [0, 0.05) is 37.1 Å². The molecule has 0 atom stereocenters. The molecule has 4 heterocycles. The maximum atomic E-state index is 15.5. The highest BCUT2D eigenvalue weighted by atomic mass is 35.5. The van der Waals surface area contributed by atoms with Gasteiger partial charge >= 0.3 is 0 Å². The van der Waals surface area contributed by atoms with E-state index in [2.05, 4.69) is 15.1 Å². The number of piperazine rings is 1. The lowest BCUT2D eigenvalue weighted by Crippen LogP contribution is -2.56. The number of nitrogens with zero attached hydrogens (tertiary/aromatic N) is 7. The van der Waals surface area contributed by atoms with Crippen molar-refractivity contribution in [2.45, 2.75) is 42.4 Å². The van der Waals surface area contributed by atoms with Gasteiger partial charge < -0.3 is 9.80 Å². The lowest BCUT2D eigenvalue weighted by atomic mass is 10.1. The van der Waals surface area contributed by atoms with Crippen LogP contribution in [0, 0.1) is 11.6 Å². The highest BCUT2D eigenvalue weighted by Crippen LogP contribution is 2.48. The topological polar surface area (TPSA) is 123 Å². The lowest BCUT2D eigenvalue weighted by Gasteiger charge is -2.42. The Kier molecular flexibility index (Phi) is 6.12.